The Hall–Kier alpha value is -3.20. The predicted molar refractivity (Wildman–Crippen MR) is 123 cm³/mol. The molecule has 9 heteroatoms. The van der Waals surface area contributed by atoms with Gasteiger partial charge in [-0.1, -0.05) is 17.4 Å². The molecule has 3 aromatic heterocycles. The molecule has 1 aliphatic rings. The standard InChI is InChI=1S/C23H27N5O3S/c1-14-12-16(15(2)28(14)19-8-6-7-10-24-19)20(29)26-21-25-17-9-11-27(13-18(17)32-21)22(30)31-23(3,4)5/h6-8,10,12H,9,11,13H2,1-5H3,(H,25,26,29). The van der Waals surface area contributed by atoms with Crippen molar-refractivity contribution >= 4 is 28.5 Å². The Kier molecular flexibility index (Phi) is 5.77. The van der Waals surface area contributed by atoms with Crippen LogP contribution in [0, 0.1) is 13.8 Å². The van der Waals surface area contributed by atoms with Gasteiger partial charge in [-0.25, -0.2) is 14.8 Å². The fourth-order valence-corrected chi connectivity index (χ4v) is 4.75. The summed E-state index contributed by atoms with van der Waals surface area (Å²) >= 11 is 1.40. The number of fused-ring (bicyclic) bond motifs is 1. The lowest BCUT2D eigenvalue weighted by molar-refractivity contribution is 0.0225. The summed E-state index contributed by atoms with van der Waals surface area (Å²) < 4.78 is 7.44. The minimum Gasteiger partial charge on any atom is -0.444 e. The lowest BCUT2D eigenvalue weighted by atomic mass is 10.2. The van der Waals surface area contributed by atoms with Crippen molar-refractivity contribution in [2.75, 3.05) is 11.9 Å². The zero-order chi connectivity index (χ0) is 23.0. The number of hydrogen-bond acceptors (Lipinski definition) is 6. The molecule has 0 saturated heterocycles. The van der Waals surface area contributed by atoms with Crippen LogP contribution in [0.2, 0.25) is 0 Å². The lowest BCUT2D eigenvalue weighted by Crippen LogP contribution is -2.39. The zero-order valence-corrected chi connectivity index (χ0v) is 19.7. The Labute approximate surface area is 191 Å². The molecule has 0 atom stereocenters. The van der Waals surface area contributed by atoms with Crippen molar-refractivity contribution in [2.45, 2.75) is 53.2 Å². The molecule has 0 bridgehead atoms. The summed E-state index contributed by atoms with van der Waals surface area (Å²) in [5, 5.41) is 3.47. The number of hydrogen-bond donors (Lipinski definition) is 1. The summed E-state index contributed by atoms with van der Waals surface area (Å²) in [5.41, 5.74) is 2.71. The van der Waals surface area contributed by atoms with Gasteiger partial charge in [-0.05, 0) is 52.8 Å². The molecule has 0 aromatic carbocycles. The van der Waals surface area contributed by atoms with Gasteiger partial charge in [0.05, 0.1) is 17.8 Å². The van der Waals surface area contributed by atoms with Crippen molar-refractivity contribution in [2.24, 2.45) is 0 Å². The molecule has 0 unspecified atom stereocenters. The Morgan fingerprint density at radius 3 is 2.69 bits per heavy atom. The molecule has 0 spiro atoms. The van der Waals surface area contributed by atoms with E-state index >= 15 is 0 Å². The quantitative estimate of drug-likeness (QED) is 0.631. The smallest absolute Gasteiger partial charge is 0.410 e. The number of aryl methyl sites for hydroxylation is 1. The largest absolute Gasteiger partial charge is 0.444 e. The number of aromatic nitrogens is 3. The molecule has 0 aliphatic carbocycles. The summed E-state index contributed by atoms with van der Waals surface area (Å²) in [6, 6.07) is 7.55. The van der Waals surface area contributed by atoms with Crippen LogP contribution in [-0.4, -0.2) is 43.6 Å². The van der Waals surface area contributed by atoms with Crippen LogP contribution in [-0.2, 0) is 17.7 Å². The van der Waals surface area contributed by atoms with E-state index in [1.54, 1.807) is 11.1 Å². The van der Waals surface area contributed by atoms with Crippen LogP contribution >= 0.6 is 11.3 Å². The van der Waals surface area contributed by atoms with Gasteiger partial charge in [-0.3, -0.25) is 10.1 Å². The maximum absolute atomic E-state index is 13.0. The van der Waals surface area contributed by atoms with E-state index in [1.807, 2.05) is 63.5 Å². The van der Waals surface area contributed by atoms with E-state index in [9.17, 15) is 9.59 Å². The van der Waals surface area contributed by atoms with Gasteiger partial charge in [0.25, 0.3) is 5.91 Å². The zero-order valence-electron chi connectivity index (χ0n) is 18.9. The van der Waals surface area contributed by atoms with E-state index < -0.39 is 5.60 Å². The highest BCUT2D eigenvalue weighted by atomic mass is 32.1. The Bertz CT molecular complexity index is 1160. The summed E-state index contributed by atoms with van der Waals surface area (Å²) in [4.78, 5) is 37.0. The number of anilines is 1. The first-order valence-electron chi connectivity index (χ1n) is 10.5. The molecule has 0 saturated carbocycles. The van der Waals surface area contributed by atoms with Gasteiger partial charge in [-0.2, -0.15) is 0 Å². The number of nitrogens with one attached hydrogen (secondary N) is 1. The second-order valence-corrected chi connectivity index (χ2v) is 9.89. The van der Waals surface area contributed by atoms with Crippen molar-refractivity contribution in [3.8, 4) is 5.82 Å². The fourth-order valence-electron chi connectivity index (χ4n) is 3.73. The number of nitrogens with zero attached hydrogens (tertiary/aromatic N) is 4. The van der Waals surface area contributed by atoms with Gasteiger partial charge in [0.1, 0.15) is 11.4 Å². The second kappa shape index (κ2) is 8.38. The molecule has 8 nitrogen and oxygen atoms in total. The van der Waals surface area contributed by atoms with E-state index in [-0.39, 0.29) is 12.0 Å². The normalized spacial score (nSPS) is 13.6. The monoisotopic (exact) mass is 453 g/mol. The first kappa shape index (κ1) is 22.0. The summed E-state index contributed by atoms with van der Waals surface area (Å²) in [7, 11) is 0. The Balaban J connectivity index is 1.49. The van der Waals surface area contributed by atoms with Crippen LogP contribution in [0.1, 0.15) is 53.1 Å². The average molecular weight is 454 g/mol. The summed E-state index contributed by atoms with van der Waals surface area (Å²) in [5.74, 6) is 0.559. The maximum atomic E-state index is 13.0. The first-order chi connectivity index (χ1) is 15.1. The fraction of sp³-hybridized carbons (Fsp3) is 0.391. The number of pyridine rings is 1. The number of thiazole rings is 1. The highest BCUT2D eigenvalue weighted by Crippen LogP contribution is 2.30. The SMILES string of the molecule is Cc1cc(C(=O)Nc2nc3c(s2)CN(C(=O)OC(C)(C)C)CC3)c(C)n1-c1ccccn1. The molecule has 2 amide bonds. The average Bonchev–Trinajstić information content (AvgIpc) is 3.26. The van der Waals surface area contributed by atoms with Crippen molar-refractivity contribution in [1.29, 1.82) is 0 Å². The van der Waals surface area contributed by atoms with Gasteiger partial charge >= 0.3 is 6.09 Å². The highest BCUT2D eigenvalue weighted by Gasteiger charge is 2.28. The number of carbonyl (C=O) groups excluding carboxylic acids is 2. The number of carbonyl (C=O) groups is 2. The van der Waals surface area contributed by atoms with Crippen LogP contribution in [0.3, 0.4) is 0 Å². The van der Waals surface area contributed by atoms with Crippen molar-refractivity contribution in [1.82, 2.24) is 19.4 Å². The molecule has 4 rings (SSSR count). The van der Waals surface area contributed by atoms with E-state index in [2.05, 4.69) is 15.3 Å². The number of ether oxygens (including phenoxy) is 1. The van der Waals surface area contributed by atoms with E-state index in [0.717, 1.165) is 27.8 Å². The van der Waals surface area contributed by atoms with Crippen LogP contribution < -0.4 is 5.32 Å². The summed E-state index contributed by atoms with van der Waals surface area (Å²) in [6.45, 7) is 10.4. The van der Waals surface area contributed by atoms with E-state index in [4.69, 9.17) is 4.74 Å². The molecule has 4 heterocycles. The Morgan fingerprint density at radius 2 is 2.00 bits per heavy atom. The first-order valence-corrected chi connectivity index (χ1v) is 11.3. The van der Waals surface area contributed by atoms with Gasteiger partial charge in [0.15, 0.2) is 5.13 Å². The van der Waals surface area contributed by atoms with Gasteiger partial charge in [0, 0.05) is 35.4 Å². The molecule has 168 valence electrons. The molecule has 0 fully saturated rings. The van der Waals surface area contributed by atoms with Crippen LogP contribution in [0.4, 0.5) is 9.93 Å². The highest BCUT2D eigenvalue weighted by molar-refractivity contribution is 7.15. The van der Waals surface area contributed by atoms with Crippen molar-refractivity contribution in [3.63, 3.8) is 0 Å². The third-order valence-corrected chi connectivity index (χ3v) is 6.16. The topological polar surface area (TPSA) is 89.4 Å². The summed E-state index contributed by atoms with van der Waals surface area (Å²) in [6.07, 6.45) is 2.04. The third-order valence-electron chi connectivity index (χ3n) is 5.16. The number of rotatable bonds is 3. The predicted octanol–water partition coefficient (Wildman–Crippen LogP) is 4.49. The second-order valence-electron chi connectivity index (χ2n) is 8.80. The lowest BCUT2D eigenvalue weighted by Gasteiger charge is -2.29. The van der Waals surface area contributed by atoms with Crippen molar-refractivity contribution in [3.05, 3.63) is 58.0 Å². The molecule has 3 aromatic rings. The molecule has 32 heavy (non-hydrogen) atoms. The van der Waals surface area contributed by atoms with Crippen LogP contribution in [0.15, 0.2) is 30.5 Å². The van der Waals surface area contributed by atoms with E-state index in [1.165, 1.54) is 11.3 Å². The maximum Gasteiger partial charge on any atom is 0.410 e. The third kappa shape index (κ3) is 4.52. The molecule has 0 radical (unpaired) electrons. The molecular weight excluding hydrogens is 426 g/mol. The van der Waals surface area contributed by atoms with Crippen LogP contribution in [0.5, 0.6) is 0 Å². The Morgan fingerprint density at radius 1 is 1.22 bits per heavy atom. The number of amides is 2. The molecule has 1 N–H and O–H groups in total. The molecular formula is C23H27N5O3S. The van der Waals surface area contributed by atoms with Gasteiger partial charge < -0.3 is 14.2 Å². The van der Waals surface area contributed by atoms with Gasteiger partial charge in [0.2, 0.25) is 0 Å². The van der Waals surface area contributed by atoms with Gasteiger partial charge in [-0.15, -0.1) is 0 Å². The minimum absolute atomic E-state index is 0.213. The van der Waals surface area contributed by atoms with E-state index in [0.29, 0.717) is 30.2 Å². The molecule has 1 aliphatic heterocycles. The minimum atomic E-state index is -0.536. The van der Waals surface area contributed by atoms with Crippen molar-refractivity contribution < 1.29 is 14.3 Å². The van der Waals surface area contributed by atoms with Crippen LogP contribution in [0.25, 0.3) is 5.82 Å².